The molecule has 6 nitrogen and oxygen atoms in total. The van der Waals surface area contributed by atoms with Gasteiger partial charge in [0.25, 0.3) is 0 Å². The first kappa shape index (κ1) is 15.7. The summed E-state index contributed by atoms with van der Waals surface area (Å²) in [5.74, 6) is -0.00321. The summed E-state index contributed by atoms with van der Waals surface area (Å²) in [5.41, 5.74) is 1.91. The summed E-state index contributed by atoms with van der Waals surface area (Å²) in [6.45, 7) is 1.70. The van der Waals surface area contributed by atoms with Gasteiger partial charge in [-0.3, -0.25) is 0 Å². The van der Waals surface area contributed by atoms with Crippen LogP contribution in [0.5, 0.6) is 0 Å². The molecule has 0 saturated carbocycles. The Morgan fingerprint density at radius 3 is 2.52 bits per heavy atom. The second-order valence-corrected chi connectivity index (χ2v) is 6.61. The van der Waals surface area contributed by atoms with Crippen molar-refractivity contribution in [2.75, 3.05) is 13.6 Å². The summed E-state index contributed by atoms with van der Waals surface area (Å²) in [6, 6.07) is 7.57. The Balaban J connectivity index is 1.85. The summed E-state index contributed by atoms with van der Waals surface area (Å²) >= 11 is 0. The van der Waals surface area contributed by atoms with Crippen molar-refractivity contribution in [3.8, 4) is 0 Å². The van der Waals surface area contributed by atoms with Gasteiger partial charge in [-0.15, -0.1) is 0 Å². The number of nitrogens with one attached hydrogen (secondary N) is 2. The predicted octanol–water partition coefficient (Wildman–Crippen LogP) is 0.722. The van der Waals surface area contributed by atoms with Gasteiger partial charge in [0.2, 0.25) is 10.0 Å². The van der Waals surface area contributed by atoms with Gasteiger partial charge in [-0.25, -0.2) is 18.1 Å². The highest BCUT2D eigenvalue weighted by Gasteiger charge is 2.10. The van der Waals surface area contributed by atoms with Crippen molar-refractivity contribution in [1.82, 2.24) is 19.6 Å². The average molecular weight is 308 g/mol. The lowest BCUT2D eigenvalue weighted by molar-refractivity contribution is 0.572. The Bertz CT molecular complexity index is 636. The zero-order chi connectivity index (χ0) is 15.1. The normalized spacial score (nSPS) is 11.7. The van der Waals surface area contributed by atoms with Crippen molar-refractivity contribution >= 4 is 10.0 Å². The fourth-order valence-corrected chi connectivity index (χ4v) is 3.11. The zero-order valence-corrected chi connectivity index (χ0v) is 12.8. The van der Waals surface area contributed by atoms with Gasteiger partial charge in [0, 0.05) is 32.0 Å². The fourth-order valence-electron chi connectivity index (χ4n) is 1.98. The number of aromatic nitrogens is 2. The number of sulfonamides is 1. The van der Waals surface area contributed by atoms with E-state index >= 15 is 0 Å². The van der Waals surface area contributed by atoms with Crippen LogP contribution in [0, 0.1) is 0 Å². The SMILES string of the molecule is CNCc1ccc(CS(=O)(=O)NCCn2ccnc2)cc1. The smallest absolute Gasteiger partial charge is 0.215 e. The fraction of sp³-hybridized carbons (Fsp3) is 0.357. The molecule has 0 aliphatic carbocycles. The van der Waals surface area contributed by atoms with Crippen LogP contribution >= 0.6 is 0 Å². The molecule has 0 atom stereocenters. The third-order valence-corrected chi connectivity index (χ3v) is 4.37. The minimum atomic E-state index is -3.31. The van der Waals surface area contributed by atoms with Gasteiger partial charge in [0.05, 0.1) is 12.1 Å². The van der Waals surface area contributed by atoms with Crippen molar-refractivity contribution in [3.05, 3.63) is 54.1 Å². The van der Waals surface area contributed by atoms with E-state index in [9.17, 15) is 8.42 Å². The zero-order valence-electron chi connectivity index (χ0n) is 12.0. The number of imidazole rings is 1. The van der Waals surface area contributed by atoms with Crippen LogP contribution < -0.4 is 10.0 Å². The van der Waals surface area contributed by atoms with Gasteiger partial charge in [0.1, 0.15) is 0 Å². The molecule has 0 unspecified atom stereocenters. The summed E-state index contributed by atoms with van der Waals surface area (Å²) in [4.78, 5) is 3.91. The maximum absolute atomic E-state index is 12.0. The molecular weight excluding hydrogens is 288 g/mol. The lowest BCUT2D eigenvalue weighted by Gasteiger charge is -2.08. The van der Waals surface area contributed by atoms with Crippen LogP contribution in [0.3, 0.4) is 0 Å². The summed E-state index contributed by atoms with van der Waals surface area (Å²) in [7, 11) is -1.43. The molecule has 0 saturated heterocycles. The molecule has 0 bridgehead atoms. The summed E-state index contributed by atoms with van der Waals surface area (Å²) in [5, 5.41) is 3.05. The van der Waals surface area contributed by atoms with Crippen molar-refractivity contribution in [2.24, 2.45) is 0 Å². The molecule has 21 heavy (non-hydrogen) atoms. The van der Waals surface area contributed by atoms with Crippen LogP contribution in [0.2, 0.25) is 0 Å². The highest BCUT2D eigenvalue weighted by molar-refractivity contribution is 7.88. The summed E-state index contributed by atoms with van der Waals surface area (Å²) < 4.78 is 28.4. The average Bonchev–Trinajstić information content (AvgIpc) is 2.94. The van der Waals surface area contributed by atoms with Crippen molar-refractivity contribution < 1.29 is 8.42 Å². The molecule has 0 radical (unpaired) electrons. The molecule has 114 valence electrons. The molecule has 0 aliphatic rings. The Kier molecular flexibility index (Phi) is 5.49. The van der Waals surface area contributed by atoms with Gasteiger partial charge in [-0.1, -0.05) is 24.3 Å². The topological polar surface area (TPSA) is 76.0 Å². The van der Waals surface area contributed by atoms with Crippen LogP contribution in [-0.4, -0.2) is 31.6 Å². The number of benzene rings is 1. The first-order valence-corrected chi connectivity index (χ1v) is 8.40. The first-order valence-electron chi connectivity index (χ1n) is 6.74. The monoisotopic (exact) mass is 308 g/mol. The van der Waals surface area contributed by atoms with Gasteiger partial charge in [-0.2, -0.15) is 0 Å². The summed E-state index contributed by atoms with van der Waals surface area (Å²) in [6.07, 6.45) is 5.13. The molecule has 1 aromatic carbocycles. The number of hydrogen-bond donors (Lipinski definition) is 2. The van der Waals surface area contributed by atoms with E-state index < -0.39 is 10.0 Å². The van der Waals surface area contributed by atoms with Gasteiger partial charge < -0.3 is 9.88 Å². The maximum atomic E-state index is 12.0. The third-order valence-electron chi connectivity index (χ3n) is 3.01. The largest absolute Gasteiger partial charge is 0.336 e. The van der Waals surface area contributed by atoms with Crippen LogP contribution in [0.25, 0.3) is 0 Å². The number of rotatable bonds is 8. The molecular formula is C14H20N4O2S. The number of hydrogen-bond acceptors (Lipinski definition) is 4. The van der Waals surface area contributed by atoms with Crippen LogP contribution in [-0.2, 0) is 28.9 Å². The van der Waals surface area contributed by atoms with Crippen molar-refractivity contribution in [2.45, 2.75) is 18.8 Å². The maximum Gasteiger partial charge on any atom is 0.215 e. The minimum Gasteiger partial charge on any atom is -0.336 e. The van der Waals surface area contributed by atoms with E-state index in [0.717, 1.165) is 17.7 Å². The quantitative estimate of drug-likeness (QED) is 0.753. The van der Waals surface area contributed by atoms with Crippen molar-refractivity contribution in [3.63, 3.8) is 0 Å². The molecule has 2 N–H and O–H groups in total. The minimum absolute atomic E-state index is 0.00321. The second kappa shape index (κ2) is 7.35. The molecule has 0 amide bonds. The standard InChI is InChI=1S/C14H20N4O2S/c1-15-10-13-2-4-14(5-3-13)11-21(19,20)17-7-9-18-8-6-16-12-18/h2-6,8,12,15,17H,7,9-11H2,1H3. The van der Waals surface area contributed by atoms with E-state index in [1.54, 1.807) is 18.7 Å². The second-order valence-electron chi connectivity index (χ2n) is 4.80. The van der Waals surface area contributed by atoms with Crippen LogP contribution in [0.15, 0.2) is 43.0 Å². The molecule has 0 fully saturated rings. The van der Waals surface area contributed by atoms with Gasteiger partial charge in [-0.05, 0) is 18.2 Å². The molecule has 1 heterocycles. The molecule has 2 rings (SSSR count). The third kappa shape index (κ3) is 5.30. The lowest BCUT2D eigenvalue weighted by atomic mass is 10.1. The molecule has 0 aliphatic heterocycles. The van der Waals surface area contributed by atoms with Gasteiger partial charge >= 0.3 is 0 Å². The van der Waals surface area contributed by atoms with Crippen molar-refractivity contribution in [1.29, 1.82) is 0 Å². The van der Waals surface area contributed by atoms with Crippen LogP contribution in [0.4, 0.5) is 0 Å². The lowest BCUT2D eigenvalue weighted by Crippen LogP contribution is -2.28. The van der Waals surface area contributed by atoms with Gasteiger partial charge in [0.15, 0.2) is 0 Å². The van der Waals surface area contributed by atoms with E-state index in [-0.39, 0.29) is 5.75 Å². The first-order chi connectivity index (χ1) is 10.1. The van der Waals surface area contributed by atoms with E-state index in [0.29, 0.717) is 13.1 Å². The Hall–Kier alpha value is -1.70. The Morgan fingerprint density at radius 1 is 1.19 bits per heavy atom. The van der Waals surface area contributed by atoms with Crippen LogP contribution in [0.1, 0.15) is 11.1 Å². The van der Waals surface area contributed by atoms with E-state index in [1.807, 2.05) is 35.9 Å². The van der Waals surface area contributed by atoms with E-state index in [4.69, 9.17) is 0 Å². The highest BCUT2D eigenvalue weighted by Crippen LogP contribution is 2.07. The molecule has 0 spiro atoms. The number of nitrogens with zero attached hydrogens (tertiary/aromatic N) is 2. The Morgan fingerprint density at radius 2 is 1.90 bits per heavy atom. The highest BCUT2D eigenvalue weighted by atomic mass is 32.2. The molecule has 1 aromatic heterocycles. The van der Waals surface area contributed by atoms with E-state index in [2.05, 4.69) is 15.0 Å². The Labute approximate surface area is 125 Å². The predicted molar refractivity (Wildman–Crippen MR) is 82.1 cm³/mol. The molecule has 7 heteroatoms. The molecule has 2 aromatic rings. The van der Waals surface area contributed by atoms with E-state index in [1.165, 1.54) is 0 Å².